The van der Waals surface area contributed by atoms with Crippen LogP contribution < -0.4 is 0 Å². The molecule has 1 unspecified atom stereocenters. The SMILES string of the molecule is C#CCN(CC(=O)O)C(C)c1cccc(Cl)c1Cl. The number of rotatable bonds is 5. The predicted molar refractivity (Wildman–Crippen MR) is 72.9 cm³/mol. The Morgan fingerprint density at radius 1 is 1.56 bits per heavy atom. The summed E-state index contributed by atoms with van der Waals surface area (Å²) >= 11 is 12.0. The standard InChI is InChI=1S/C13H13Cl2NO2/c1-3-7-16(8-12(17)18)9(2)10-5-4-6-11(14)13(10)15/h1,4-6,9H,7-8H2,2H3,(H,17,18). The predicted octanol–water partition coefficient (Wildman–Crippen LogP) is 3.07. The summed E-state index contributed by atoms with van der Waals surface area (Å²) in [4.78, 5) is 12.4. The molecule has 0 amide bonds. The van der Waals surface area contributed by atoms with Gasteiger partial charge in [-0.3, -0.25) is 9.69 Å². The van der Waals surface area contributed by atoms with Gasteiger partial charge in [-0.15, -0.1) is 6.42 Å². The van der Waals surface area contributed by atoms with Crippen LogP contribution in [0, 0.1) is 12.3 Å². The van der Waals surface area contributed by atoms with E-state index in [9.17, 15) is 4.79 Å². The average Bonchev–Trinajstić information content (AvgIpc) is 2.31. The van der Waals surface area contributed by atoms with Crippen molar-refractivity contribution in [2.75, 3.05) is 13.1 Å². The van der Waals surface area contributed by atoms with Gasteiger partial charge in [-0.2, -0.15) is 0 Å². The minimum absolute atomic E-state index is 0.145. The molecule has 1 N–H and O–H groups in total. The highest BCUT2D eigenvalue weighted by Crippen LogP contribution is 2.32. The summed E-state index contributed by atoms with van der Waals surface area (Å²) in [6.45, 7) is 1.93. The Balaban J connectivity index is 3.02. The lowest BCUT2D eigenvalue weighted by atomic mass is 10.1. The largest absolute Gasteiger partial charge is 0.480 e. The first-order chi connectivity index (χ1) is 8.47. The molecule has 5 heteroatoms. The molecule has 1 aromatic carbocycles. The number of halogens is 2. The first kappa shape index (κ1) is 14.8. The number of aliphatic carboxylic acids is 1. The van der Waals surface area contributed by atoms with Crippen molar-refractivity contribution in [3.05, 3.63) is 33.8 Å². The minimum atomic E-state index is -0.935. The molecule has 0 aliphatic rings. The zero-order chi connectivity index (χ0) is 13.7. The molecule has 1 atom stereocenters. The average molecular weight is 286 g/mol. The van der Waals surface area contributed by atoms with Crippen molar-refractivity contribution < 1.29 is 9.90 Å². The third-order valence-electron chi connectivity index (χ3n) is 2.61. The summed E-state index contributed by atoms with van der Waals surface area (Å²) in [5.41, 5.74) is 0.765. The zero-order valence-electron chi connectivity index (χ0n) is 9.86. The summed E-state index contributed by atoms with van der Waals surface area (Å²) in [5.74, 6) is 1.51. The molecule has 0 saturated carbocycles. The molecule has 0 aliphatic heterocycles. The summed E-state index contributed by atoms with van der Waals surface area (Å²) in [5, 5.41) is 9.73. The van der Waals surface area contributed by atoms with Crippen molar-refractivity contribution in [2.24, 2.45) is 0 Å². The van der Waals surface area contributed by atoms with Crippen LogP contribution >= 0.6 is 23.2 Å². The highest BCUT2D eigenvalue weighted by molar-refractivity contribution is 6.42. The summed E-state index contributed by atoms with van der Waals surface area (Å²) in [6.07, 6.45) is 5.25. The second kappa shape index (κ2) is 6.65. The lowest BCUT2D eigenvalue weighted by Gasteiger charge is -2.26. The molecule has 3 nitrogen and oxygen atoms in total. The molecule has 0 aliphatic carbocycles. The Kier molecular flexibility index (Phi) is 5.49. The molecule has 18 heavy (non-hydrogen) atoms. The third-order valence-corrected chi connectivity index (χ3v) is 3.45. The van der Waals surface area contributed by atoms with Crippen molar-refractivity contribution in [1.29, 1.82) is 0 Å². The van der Waals surface area contributed by atoms with Crippen LogP contribution in [0.2, 0.25) is 10.0 Å². The summed E-state index contributed by atoms with van der Waals surface area (Å²) in [6, 6.07) is 5.05. The van der Waals surface area contributed by atoms with Gasteiger partial charge in [0.15, 0.2) is 0 Å². The molecule has 0 aromatic heterocycles. The maximum absolute atomic E-state index is 10.8. The van der Waals surface area contributed by atoms with Crippen LogP contribution in [0.1, 0.15) is 18.5 Å². The van der Waals surface area contributed by atoms with Crippen LogP contribution in [0.4, 0.5) is 0 Å². The number of hydrogen-bond acceptors (Lipinski definition) is 2. The maximum atomic E-state index is 10.8. The van der Waals surface area contributed by atoms with Crippen LogP contribution in [-0.4, -0.2) is 29.1 Å². The van der Waals surface area contributed by atoms with Crippen molar-refractivity contribution in [3.63, 3.8) is 0 Å². The topological polar surface area (TPSA) is 40.5 Å². The van der Waals surface area contributed by atoms with Gasteiger partial charge in [-0.05, 0) is 18.6 Å². The van der Waals surface area contributed by atoms with Crippen LogP contribution in [-0.2, 0) is 4.79 Å². The van der Waals surface area contributed by atoms with Gasteiger partial charge in [-0.1, -0.05) is 41.3 Å². The normalized spacial score (nSPS) is 12.2. The minimum Gasteiger partial charge on any atom is -0.480 e. The van der Waals surface area contributed by atoms with Gasteiger partial charge >= 0.3 is 5.97 Å². The van der Waals surface area contributed by atoms with Crippen LogP contribution in [0.5, 0.6) is 0 Å². The van der Waals surface area contributed by atoms with E-state index >= 15 is 0 Å². The van der Waals surface area contributed by atoms with Gasteiger partial charge in [0.25, 0.3) is 0 Å². The van der Waals surface area contributed by atoms with Gasteiger partial charge in [0, 0.05) is 6.04 Å². The van der Waals surface area contributed by atoms with Crippen molar-refractivity contribution >= 4 is 29.2 Å². The lowest BCUT2D eigenvalue weighted by Crippen LogP contribution is -2.32. The summed E-state index contributed by atoms with van der Waals surface area (Å²) < 4.78 is 0. The molecule has 1 aromatic rings. The second-order valence-corrected chi connectivity index (χ2v) is 4.61. The Morgan fingerprint density at radius 2 is 2.22 bits per heavy atom. The number of nitrogens with zero attached hydrogens (tertiary/aromatic N) is 1. The Bertz CT molecular complexity index is 482. The smallest absolute Gasteiger partial charge is 0.317 e. The zero-order valence-corrected chi connectivity index (χ0v) is 11.4. The maximum Gasteiger partial charge on any atom is 0.317 e. The summed E-state index contributed by atoms with van der Waals surface area (Å²) in [7, 11) is 0. The lowest BCUT2D eigenvalue weighted by molar-refractivity contribution is -0.138. The van der Waals surface area contributed by atoms with Gasteiger partial charge in [0.05, 0.1) is 23.1 Å². The van der Waals surface area contributed by atoms with Crippen LogP contribution in [0.25, 0.3) is 0 Å². The van der Waals surface area contributed by atoms with Crippen molar-refractivity contribution in [1.82, 2.24) is 4.90 Å². The highest BCUT2D eigenvalue weighted by Gasteiger charge is 2.20. The quantitative estimate of drug-likeness (QED) is 0.846. The molecular weight excluding hydrogens is 273 g/mol. The van der Waals surface area contributed by atoms with E-state index < -0.39 is 5.97 Å². The molecule has 0 spiro atoms. The first-order valence-corrected chi connectivity index (χ1v) is 6.06. The van der Waals surface area contributed by atoms with E-state index in [-0.39, 0.29) is 19.1 Å². The molecule has 0 radical (unpaired) electrons. The number of terminal acetylenes is 1. The molecule has 96 valence electrons. The number of hydrogen-bond donors (Lipinski definition) is 1. The fourth-order valence-electron chi connectivity index (χ4n) is 1.66. The fourth-order valence-corrected chi connectivity index (χ4v) is 2.13. The van der Waals surface area contributed by atoms with E-state index in [1.807, 2.05) is 13.0 Å². The van der Waals surface area contributed by atoms with E-state index in [2.05, 4.69) is 5.92 Å². The third kappa shape index (κ3) is 3.64. The Morgan fingerprint density at radius 3 is 2.78 bits per heavy atom. The van der Waals surface area contributed by atoms with E-state index in [1.54, 1.807) is 17.0 Å². The second-order valence-electron chi connectivity index (χ2n) is 3.82. The molecule has 0 saturated heterocycles. The monoisotopic (exact) mass is 285 g/mol. The van der Waals surface area contributed by atoms with E-state index in [0.717, 1.165) is 5.56 Å². The van der Waals surface area contributed by atoms with Gasteiger partial charge in [0.2, 0.25) is 0 Å². The Labute approximate surface area is 116 Å². The van der Waals surface area contributed by atoms with Crippen molar-refractivity contribution in [2.45, 2.75) is 13.0 Å². The molecule has 0 fully saturated rings. The van der Waals surface area contributed by atoms with Gasteiger partial charge in [-0.25, -0.2) is 0 Å². The first-order valence-electron chi connectivity index (χ1n) is 5.30. The highest BCUT2D eigenvalue weighted by atomic mass is 35.5. The number of carbonyl (C=O) groups is 1. The van der Waals surface area contributed by atoms with Crippen molar-refractivity contribution in [3.8, 4) is 12.3 Å². The molecular formula is C13H13Cl2NO2. The van der Waals surface area contributed by atoms with Crippen LogP contribution in [0.15, 0.2) is 18.2 Å². The van der Waals surface area contributed by atoms with Crippen LogP contribution in [0.3, 0.4) is 0 Å². The number of benzene rings is 1. The number of carboxylic acids is 1. The van der Waals surface area contributed by atoms with Gasteiger partial charge < -0.3 is 5.11 Å². The Hall–Kier alpha value is -1.21. The molecule has 0 heterocycles. The molecule has 1 rings (SSSR count). The number of carboxylic acid groups (broad SMARTS) is 1. The van der Waals surface area contributed by atoms with Gasteiger partial charge in [0.1, 0.15) is 0 Å². The van der Waals surface area contributed by atoms with E-state index in [0.29, 0.717) is 10.0 Å². The fraction of sp³-hybridized carbons (Fsp3) is 0.308. The molecule has 0 bridgehead atoms. The van der Waals surface area contributed by atoms with E-state index in [1.165, 1.54) is 0 Å². The van der Waals surface area contributed by atoms with E-state index in [4.69, 9.17) is 34.7 Å².